The molecule has 42 heavy (non-hydrogen) atoms. The predicted octanol–water partition coefficient (Wildman–Crippen LogP) is 3.98. The number of β-amino-alcohol motifs (C(OH)–C–C–N with tert-alkyl or cyclic N) is 1. The van der Waals surface area contributed by atoms with Crippen molar-refractivity contribution in [3.8, 4) is 11.1 Å². The molecule has 0 saturated carbocycles. The fourth-order valence-electron chi connectivity index (χ4n) is 6.08. The molecule has 8 nitrogen and oxygen atoms in total. The summed E-state index contributed by atoms with van der Waals surface area (Å²) >= 11 is 0. The molecule has 0 radical (unpaired) electrons. The van der Waals surface area contributed by atoms with Crippen LogP contribution in [-0.4, -0.2) is 83.7 Å². The number of anilines is 1. The second-order valence-corrected chi connectivity index (χ2v) is 10.9. The number of nitrogens with zero attached hydrogens (tertiary/aromatic N) is 2. The van der Waals surface area contributed by atoms with Crippen LogP contribution in [0.2, 0.25) is 0 Å². The lowest BCUT2D eigenvalue weighted by molar-refractivity contribution is -0.110. The van der Waals surface area contributed by atoms with Gasteiger partial charge in [-0.1, -0.05) is 12.1 Å². The van der Waals surface area contributed by atoms with Crippen LogP contribution in [0.5, 0.6) is 0 Å². The van der Waals surface area contributed by atoms with E-state index in [1.165, 1.54) is 24.3 Å². The number of benzene rings is 2. The number of aromatic nitrogens is 1. The number of hydrogen-bond donors (Lipinski definition) is 3. The number of aliphatic hydroxyl groups excluding tert-OH is 1. The standard InChI is InChI=1S/C31H31F3N4O4/c1-17-25(35-23-6-3-9-38(31(41)26(17)23)16-18(39)15-37-10-12-42-13-11-37)14-20-28-24(36-30(20)40)8-7-21(32)27(28)19-4-2-5-22(33)29(19)34/h2,4-5,7-8,14,18,35,39H,3,6,9-13,15-16H2,1H3,(H,36,40)/b20-14-/t18-/m0/s1. The molecule has 0 unspecified atom stereocenters. The van der Waals surface area contributed by atoms with Crippen LogP contribution >= 0.6 is 0 Å². The Labute approximate surface area is 240 Å². The van der Waals surface area contributed by atoms with Crippen molar-refractivity contribution in [1.29, 1.82) is 0 Å². The lowest BCUT2D eigenvalue weighted by atomic mass is 9.93. The molecular weight excluding hydrogens is 549 g/mol. The molecule has 1 saturated heterocycles. The quantitative estimate of drug-likeness (QED) is 0.384. The van der Waals surface area contributed by atoms with Gasteiger partial charge < -0.3 is 25.0 Å². The first-order chi connectivity index (χ1) is 20.2. The van der Waals surface area contributed by atoms with E-state index in [1.54, 1.807) is 11.8 Å². The summed E-state index contributed by atoms with van der Waals surface area (Å²) in [5.74, 6) is -3.90. The van der Waals surface area contributed by atoms with Crippen LogP contribution in [0.15, 0.2) is 30.3 Å². The molecule has 3 N–H and O–H groups in total. The molecule has 4 heterocycles. The Kier molecular flexibility index (Phi) is 7.65. The van der Waals surface area contributed by atoms with Gasteiger partial charge in [-0.05, 0) is 49.6 Å². The van der Waals surface area contributed by atoms with Crippen molar-refractivity contribution >= 4 is 29.2 Å². The van der Waals surface area contributed by atoms with Gasteiger partial charge in [-0.25, -0.2) is 13.2 Å². The van der Waals surface area contributed by atoms with Crippen LogP contribution in [0.1, 0.15) is 39.3 Å². The number of aryl methyl sites for hydroxylation is 1. The second kappa shape index (κ2) is 11.4. The molecule has 0 bridgehead atoms. The maximum Gasteiger partial charge on any atom is 0.256 e. The van der Waals surface area contributed by atoms with E-state index in [9.17, 15) is 23.5 Å². The van der Waals surface area contributed by atoms with Crippen LogP contribution < -0.4 is 5.32 Å². The fourth-order valence-corrected chi connectivity index (χ4v) is 6.08. The Morgan fingerprint density at radius 3 is 2.57 bits per heavy atom. The van der Waals surface area contributed by atoms with Gasteiger partial charge >= 0.3 is 0 Å². The molecule has 220 valence electrons. The maximum atomic E-state index is 15.2. The third kappa shape index (κ3) is 5.12. The van der Waals surface area contributed by atoms with Gasteiger partial charge in [0.15, 0.2) is 11.6 Å². The average molecular weight is 581 g/mol. The molecule has 3 aliphatic rings. The Bertz CT molecular complexity index is 1600. The molecule has 1 aromatic heterocycles. The summed E-state index contributed by atoms with van der Waals surface area (Å²) in [5, 5.41) is 13.4. The van der Waals surface area contributed by atoms with Gasteiger partial charge in [0.25, 0.3) is 11.8 Å². The van der Waals surface area contributed by atoms with Gasteiger partial charge in [-0.2, -0.15) is 0 Å². The molecule has 1 atom stereocenters. The number of aromatic amines is 1. The number of halogens is 3. The molecule has 0 aliphatic carbocycles. The molecule has 0 spiro atoms. The smallest absolute Gasteiger partial charge is 0.256 e. The number of aliphatic hydroxyl groups is 1. The zero-order chi connectivity index (χ0) is 29.5. The first-order valence-corrected chi connectivity index (χ1v) is 14.0. The number of carbonyl (C=O) groups excluding carboxylic acids is 2. The minimum Gasteiger partial charge on any atom is -0.390 e. The normalized spacial score (nSPS) is 19.1. The zero-order valence-corrected chi connectivity index (χ0v) is 23.1. The van der Waals surface area contributed by atoms with Crippen molar-refractivity contribution in [2.75, 3.05) is 51.3 Å². The fraction of sp³-hybridized carbons (Fsp3) is 0.355. The molecular formula is C31H31F3N4O4. The summed E-state index contributed by atoms with van der Waals surface area (Å²) in [4.78, 5) is 33.8. The van der Waals surface area contributed by atoms with Crippen LogP contribution in [0, 0.1) is 24.4 Å². The topological polar surface area (TPSA) is 97.9 Å². The van der Waals surface area contributed by atoms with Gasteiger partial charge in [-0.15, -0.1) is 0 Å². The molecule has 1 fully saturated rings. The first kappa shape index (κ1) is 28.2. The van der Waals surface area contributed by atoms with Crippen molar-refractivity contribution in [3.05, 3.63) is 75.9 Å². The van der Waals surface area contributed by atoms with E-state index in [4.69, 9.17) is 4.74 Å². The van der Waals surface area contributed by atoms with E-state index >= 15 is 4.39 Å². The second-order valence-electron chi connectivity index (χ2n) is 10.9. The van der Waals surface area contributed by atoms with Gasteiger partial charge in [-0.3, -0.25) is 14.5 Å². The molecule has 2 amide bonds. The van der Waals surface area contributed by atoms with Crippen molar-refractivity contribution < 1.29 is 32.6 Å². The number of carbonyl (C=O) groups is 2. The number of ether oxygens (including phenoxy) is 1. The zero-order valence-electron chi connectivity index (χ0n) is 23.1. The largest absolute Gasteiger partial charge is 0.390 e. The van der Waals surface area contributed by atoms with Crippen LogP contribution in [0.4, 0.5) is 18.9 Å². The SMILES string of the molecule is Cc1c(/C=C2\C(=O)Nc3ccc(F)c(-c4cccc(F)c4F)c32)[nH]c2c1C(=O)N(C[C@@H](O)CN1CCOCC1)CCC2. The summed E-state index contributed by atoms with van der Waals surface area (Å²) < 4.78 is 49.5. The van der Waals surface area contributed by atoms with E-state index in [0.717, 1.165) is 25.2 Å². The number of hydrogen-bond acceptors (Lipinski definition) is 5. The van der Waals surface area contributed by atoms with Crippen molar-refractivity contribution in [3.63, 3.8) is 0 Å². The summed E-state index contributed by atoms with van der Waals surface area (Å²) in [6.45, 7) is 5.60. The highest BCUT2D eigenvalue weighted by atomic mass is 19.2. The Morgan fingerprint density at radius 1 is 1.00 bits per heavy atom. The number of nitrogens with one attached hydrogen (secondary N) is 2. The van der Waals surface area contributed by atoms with Crippen LogP contribution in [0.3, 0.4) is 0 Å². The van der Waals surface area contributed by atoms with Crippen LogP contribution in [-0.2, 0) is 16.0 Å². The molecule has 3 aliphatic heterocycles. The van der Waals surface area contributed by atoms with Crippen molar-refractivity contribution in [2.45, 2.75) is 25.9 Å². The van der Waals surface area contributed by atoms with Crippen molar-refractivity contribution in [1.82, 2.24) is 14.8 Å². The van der Waals surface area contributed by atoms with Gasteiger partial charge in [0.05, 0.1) is 30.5 Å². The highest BCUT2D eigenvalue weighted by Crippen LogP contribution is 2.43. The Balaban J connectivity index is 1.33. The van der Waals surface area contributed by atoms with E-state index in [2.05, 4.69) is 15.2 Å². The number of rotatable bonds is 6. The summed E-state index contributed by atoms with van der Waals surface area (Å²) in [7, 11) is 0. The number of fused-ring (bicyclic) bond motifs is 2. The van der Waals surface area contributed by atoms with Crippen LogP contribution in [0.25, 0.3) is 22.8 Å². The van der Waals surface area contributed by atoms with Crippen molar-refractivity contribution in [2.24, 2.45) is 0 Å². The number of morpholine rings is 1. The summed E-state index contributed by atoms with van der Waals surface area (Å²) in [5.41, 5.74) is 2.21. The van der Waals surface area contributed by atoms with E-state index in [1.807, 2.05) is 0 Å². The number of amides is 2. The average Bonchev–Trinajstić information content (AvgIpc) is 3.39. The monoisotopic (exact) mass is 580 g/mol. The van der Waals surface area contributed by atoms with E-state index in [-0.39, 0.29) is 40.4 Å². The maximum absolute atomic E-state index is 15.2. The van der Waals surface area contributed by atoms with E-state index < -0.39 is 29.5 Å². The highest BCUT2D eigenvalue weighted by molar-refractivity contribution is 6.36. The molecule has 6 rings (SSSR count). The lowest BCUT2D eigenvalue weighted by Gasteiger charge is -2.31. The summed E-state index contributed by atoms with van der Waals surface area (Å²) in [6.07, 6.45) is 2.06. The highest BCUT2D eigenvalue weighted by Gasteiger charge is 2.33. The third-order valence-corrected chi connectivity index (χ3v) is 8.15. The van der Waals surface area contributed by atoms with Gasteiger partial charge in [0, 0.05) is 66.5 Å². The number of H-pyrrole nitrogens is 1. The minimum absolute atomic E-state index is 0.0629. The van der Waals surface area contributed by atoms with Gasteiger partial charge in [0.1, 0.15) is 5.82 Å². The molecule has 2 aromatic carbocycles. The molecule has 3 aromatic rings. The minimum atomic E-state index is -1.22. The third-order valence-electron chi connectivity index (χ3n) is 8.15. The molecule has 11 heteroatoms. The lowest BCUT2D eigenvalue weighted by Crippen LogP contribution is -2.46. The Hall–Kier alpha value is -3.93. The van der Waals surface area contributed by atoms with E-state index in [0.29, 0.717) is 61.7 Å². The summed E-state index contributed by atoms with van der Waals surface area (Å²) in [6, 6.07) is 5.97. The predicted molar refractivity (Wildman–Crippen MR) is 151 cm³/mol. The van der Waals surface area contributed by atoms with Gasteiger partial charge in [0.2, 0.25) is 0 Å². The Morgan fingerprint density at radius 2 is 1.79 bits per heavy atom. The first-order valence-electron chi connectivity index (χ1n) is 14.0.